The van der Waals surface area contributed by atoms with E-state index in [1.165, 1.54) is 0 Å². The summed E-state index contributed by atoms with van der Waals surface area (Å²) in [7, 11) is 0. The highest BCUT2D eigenvalue weighted by Crippen LogP contribution is 2.30. The maximum Gasteiger partial charge on any atom is 0.339 e. The van der Waals surface area contributed by atoms with Gasteiger partial charge < -0.3 is 9.52 Å². The third kappa shape index (κ3) is 2.97. The van der Waals surface area contributed by atoms with Crippen molar-refractivity contribution in [1.82, 2.24) is 0 Å². The standard InChI is InChI=1S/C13H11BrO3S/c1-8-10(13(15)16)6-9(17-8)7-18-12-5-3-2-4-11(12)14/h2-6H,7H2,1H3,(H,15,16). The third-order valence-electron chi connectivity index (χ3n) is 2.41. The fourth-order valence-electron chi connectivity index (χ4n) is 1.54. The summed E-state index contributed by atoms with van der Waals surface area (Å²) in [5.41, 5.74) is 0.234. The first-order chi connectivity index (χ1) is 8.58. The number of aromatic carboxylic acids is 1. The Morgan fingerprint density at radius 2 is 2.17 bits per heavy atom. The second-order valence-corrected chi connectivity index (χ2v) is 5.58. The van der Waals surface area contributed by atoms with Crippen LogP contribution in [0.2, 0.25) is 0 Å². The van der Waals surface area contributed by atoms with Gasteiger partial charge in [-0.1, -0.05) is 12.1 Å². The molecular weight excluding hydrogens is 316 g/mol. The largest absolute Gasteiger partial charge is 0.478 e. The normalized spacial score (nSPS) is 10.6. The highest BCUT2D eigenvalue weighted by molar-refractivity contribution is 9.10. The first-order valence-corrected chi connectivity index (χ1v) is 7.05. The molecule has 0 atom stereocenters. The molecule has 0 amide bonds. The zero-order chi connectivity index (χ0) is 13.1. The summed E-state index contributed by atoms with van der Waals surface area (Å²) < 4.78 is 6.45. The molecule has 1 aromatic carbocycles. The van der Waals surface area contributed by atoms with Gasteiger partial charge in [0.15, 0.2) is 0 Å². The number of hydrogen-bond donors (Lipinski definition) is 1. The van der Waals surface area contributed by atoms with Gasteiger partial charge in [-0.25, -0.2) is 4.79 Å². The van der Waals surface area contributed by atoms with Gasteiger partial charge in [0.05, 0.1) is 5.75 Å². The Morgan fingerprint density at radius 3 is 2.78 bits per heavy atom. The van der Waals surface area contributed by atoms with Crippen LogP contribution in [0.1, 0.15) is 21.9 Å². The monoisotopic (exact) mass is 326 g/mol. The van der Waals surface area contributed by atoms with Crippen molar-refractivity contribution in [3.63, 3.8) is 0 Å². The summed E-state index contributed by atoms with van der Waals surface area (Å²) in [4.78, 5) is 12.0. The van der Waals surface area contributed by atoms with Crippen LogP contribution < -0.4 is 0 Å². The Hall–Kier alpha value is -1.20. The first-order valence-electron chi connectivity index (χ1n) is 5.28. The first kappa shape index (κ1) is 13.2. The van der Waals surface area contributed by atoms with Crippen molar-refractivity contribution in [2.75, 3.05) is 0 Å². The Balaban J connectivity index is 2.09. The molecule has 94 valence electrons. The Bertz CT molecular complexity index is 577. The lowest BCUT2D eigenvalue weighted by atomic mass is 10.2. The van der Waals surface area contributed by atoms with Gasteiger partial charge in [-0.3, -0.25) is 0 Å². The Labute approximate surface area is 117 Å². The van der Waals surface area contributed by atoms with Gasteiger partial charge in [0, 0.05) is 9.37 Å². The van der Waals surface area contributed by atoms with E-state index in [1.54, 1.807) is 24.8 Å². The molecule has 0 spiro atoms. The molecule has 1 N–H and O–H groups in total. The van der Waals surface area contributed by atoms with E-state index in [-0.39, 0.29) is 5.56 Å². The minimum Gasteiger partial charge on any atom is -0.478 e. The molecule has 1 aromatic heterocycles. The van der Waals surface area contributed by atoms with E-state index in [4.69, 9.17) is 9.52 Å². The molecule has 2 aromatic rings. The lowest BCUT2D eigenvalue weighted by Gasteiger charge is -2.01. The van der Waals surface area contributed by atoms with Crippen LogP contribution in [0, 0.1) is 6.92 Å². The van der Waals surface area contributed by atoms with E-state index in [0.29, 0.717) is 17.3 Å². The predicted octanol–water partition coefficient (Wildman–Crippen LogP) is 4.34. The predicted molar refractivity (Wildman–Crippen MR) is 74.1 cm³/mol. The minimum absolute atomic E-state index is 0.234. The fraction of sp³-hybridized carbons (Fsp3) is 0.154. The molecule has 0 saturated heterocycles. The second kappa shape index (κ2) is 5.63. The van der Waals surface area contributed by atoms with Crippen LogP contribution in [0.25, 0.3) is 0 Å². The summed E-state index contributed by atoms with van der Waals surface area (Å²) >= 11 is 5.07. The van der Waals surface area contributed by atoms with Gasteiger partial charge in [0.1, 0.15) is 17.1 Å². The summed E-state index contributed by atoms with van der Waals surface area (Å²) in [6.45, 7) is 1.66. The van der Waals surface area contributed by atoms with Crippen molar-refractivity contribution in [3.8, 4) is 0 Å². The summed E-state index contributed by atoms with van der Waals surface area (Å²) in [6, 6.07) is 9.47. The quantitative estimate of drug-likeness (QED) is 0.849. The van der Waals surface area contributed by atoms with E-state index in [2.05, 4.69) is 15.9 Å². The molecule has 0 radical (unpaired) electrons. The summed E-state index contributed by atoms with van der Waals surface area (Å²) in [6.07, 6.45) is 0. The second-order valence-electron chi connectivity index (χ2n) is 3.71. The van der Waals surface area contributed by atoms with E-state index in [1.807, 2.05) is 24.3 Å². The van der Waals surface area contributed by atoms with Gasteiger partial charge in [-0.15, -0.1) is 11.8 Å². The van der Waals surface area contributed by atoms with Gasteiger partial charge in [-0.05, 0) is 41.1 Å². The lowest BCUT2D eigenvalue weighted by Crippen LogP contribution is -1.94. The average molecular weight is 327 g/mol. The SMILES string of the molecule is Cc1oc(CSc2ccccc2Br)cc1C(=O)O. The van der Waals surface area contributed by atoms with Crippen molar-refractivity contribution in [2.45, 2.75) is 17.6 Å². The van der Waals surface area contributed by atoms with Crippen LogP contribution in [-0.4, -0.2) is 11.1 Å². The third-order valence-corrected chi connectivity index (χ3v) is 4.46. The molecule has 18 heavy (non-hydrogen) atoms. The van der Waals surface area contributed by atoms with E-state index in [9.17, 15) is 4.79 Å². The highest BCUT2D eigenvalue weighted by atomic mass is 79.9. The number of halogens is 1. The fourth-order valence-corrected chi connectivity index (χ4v) is 2.99. The molecule has 0 bridgehead atoms. The maximum absolute atomic E-state index is 10.9. The summed E-state index contributed by atoms with van der Waals surface area (Å²) in [5.74, 6) is 0.778. The number of aryl methyl sites for hydroxylation is 1. The maximum atomic E-state index is 10.9. The number of furan rings is 1. The van der Waals surface area contributed by atoms with Crippen LogP contribution >= 0.6 is 27.7 Å². The number of rotatable bonds is 4. The van der Waals surface area contributed by atoms with Crippen molar-refractivity contribution in [3.05, 3.63) is 51.9 Å². The molecule has 0 aliphatic rings. The molecule has 0 fully saturated rings. The molecule has 0 saturated carbocycles. The zero-order valence-corrected chi connectivity index (χ0v) is 12.0. The number of thioether (sulfide) groups is 1. The lowest BCUT2D eigenvalue weighted by molar-refractivity contribution is 0.0695. The van der Waals surface area contributed by atoms with Crippen LogP contribution in [0.3, 0.4) is 0 Å². The van der Waals surface area contributed by atoms with Crippen molar-refractivity contribution < 1.29 is 14.3 Å². The molecule has 5 heteroatoms. The topological polar surface area (TPSA) is 50.4 Å². The van der Waals surface area contributed by atoms with Gasteiger partial charge >= 0.3 is 5.97 Å². The van der Waals surface area contributed by atoms with Crippen LogP contribution in [0.5, 0.6) is 0 Å². The molecule has 3 nitrogen and oxygen atoms in total. The molecule has 0 unspecified atom stereocenters. The Morgan fingerprint density at radius 1 is 1.44 bits per heavy atom. The number of carbonyl (C=O) groups is 1. The van der Waals surface area contributed by atoms with Crippen molar-refractivity contribution in [2.24, 2.45) is 0 Å². The average Bonchev–Trinajstić information content (AvgIpc) is 2.70. The van der Waals surface area contributed by atoms with Crippen LogP contribution in [0.15, 0.2) is 44.1 Å². The number of carboxylic acid groups (broad SMARTS) is 1. The minimum atomic E-state index is -0.951. The van der Waals surface area contributed by atoms with Crippen LogP contribution in [0.4, 0.5) is 0 Å². The van der Waals surface area contributed by atoms with E-state index >= 15 is 0 Å². The van der Waals surface area contributed by atoms with Gasteiger partial charge in [0.25, 0.3) is 0 Å². The highest BCUT2D eigenvalue weighted by Gasteiger charge is 2.13. The molecular formula is C13H11BrO3S. The van der Waals surface area contributed by atoms with E-state index < -0.39 is 5.97 Å². The van der Waals surface area contributed by atoms with Crippen molar-refractivity contribution >= 4 is 33.7 Å². The smallest absolute Gasteiger partial charge is 0.339 e. The molecule has 0 aliphatic heterocycles. The van der Waals surface area contributed by atoms with E-state index in [0.717, 1.165) is 9.37 Å². The Kier molecular flexibility index (Phi) is 4.14. The number of benzene rings is 1. The van der Waals surface area contributed by atoms with Crippen molar-refractivity contribution in [1.29, 1.82) is 0 Å². The number of carboxylic acids is 1. The zero-order valence-electron chi connectivity index (χ0n) is 9.64. The molecule has 0 aliphatic carbocycles. The summed E-state index contributed by atoms with van der Waals surface area (Å²) in [5, 5.41) is 8.93. The molecule has 1 heterocycles. The van der Waals surface area contributed by atoms with Gasteiger partial charge in [-0.2, -0.15) is 0 Å². The number of hydrogen-bond acceptors (Lipinski definition) is 3. The van der Waals surface area contributed by atoms with Gasteiger partial charge in [0.2, 0.25) is 0 Å². The van der Waals surface area contributed by atoms with Crippen LogP contribution in [-0.2, 0) is 5.75 Å². The molecule has 2 rings (SSSR count).